The van der Waals surface area contributed by atoms with Crippen LogP contribution in [0.2, 0.25) is 0 Å². The number of rotatable bonds is 7. The molecule has 0 bridgehead atoms. The summed E-state index contributed by atoms with van der Waals surface area (Å²) in [5, 5.41) is 0. The SMILES string of the molecule is CCOc1cccc(-c2ccc(-c3ccc(-c4ccccc4)cc3)cc2)c1OCC. The molecule has 2 heteroatoms. The molecule has 0 spiro atoms. The van der Waals surface area contributed by atoms with Crippen LogP contribution in [0.5, 0.6) is 11.5 Å². The summed E-state index contributed by atoms with van der Waals surface area (Å²) in [6, 6.07) is 33.8. The lowest BCUT2D eigenvalue weighted by atomic mass is 9.97. The number of para-hydroxylation sites is 1. The van der Waals surface area contributed by atoms with Crippen LogP contribution >= 0.6 is 0 Å². The monoisotopic (exact) mass is 394 g/mol. The third-order valence-corrected chi connectivity index (χ3v) is 5.09. The van der Waals surface area contributed by atoms with E-state index in [1.807, 2.05) is 32.0 Å². The van der Waals surface area contributed by atoms with Gasteiger partial charge in [-0.25, -0.2) is 0 Å². The molecule has 0 heterocycles. The van der Waals surface area contributed by atoms with Crippen LogP contribution in [0.15, 0.2) is 97.1 Å². The molecule has 0 aliphatic carbocycles. The van der Waals surface area contributed by atoms with E-state index in [9.17, 15) is 0 Å². The fourth-order valence-electron chi connectivity index (χ4n) is 3.63. The molecule has 2 nitrogen and oxygen atoms in total. The minimum atomic E-state index is 0.600. The number of hydrogen-bond acceptors (Lipinski definition) is 2. The number of ether oxygens (including phenoxy) is 2. The molecule has 150 valence electrons. The van der Waals surface area contributed by atoms with Crippen molar-refractivity contribution in [3.05, 3.63) is 97.1 Å². The molecule has 0 amide bonds. The van der Waals surface area contributed by atoms with Crippen LogP contribution in [0.1, 0.15) is 13.8 Å². The van der Waals surface area contributed by atoms with Gasteiger partial charge in [0.1, 0.15) is 0 Å². The van der Waals surface area contributed by atoms with E-state index in [0.717, 1.165) is 22.6 Å². The summed E-state index contributed by atoms with van der Waals surface area (Å²) >= 11 is 0. The molecular formula is C28H26O2. The Bertz CT molecular complexity index is 1080. The largest absolute Gasteiger partial charge is 0.490 e. The van der Waals surface area contributed by atoms with Crippen LogP contribution < -0.4 is 9.47 Å². The summed E-state index contributed by atoms with van der Waals surface area (Å²) in [5.74, 6) is 1.60. The van der Waals surface area contributed by atoms with Crippen LogP contribution in [0.25, 0.3) is 33.4 Å². The van der Waals surface area contributed by atoms with E-state index in [0.29, 0.717) is 13.2 Å². The first kappa shape index (κ1) is 19.8. The zero-order chi connectivity index (χ0) is 20.8. The van der Waals surface area contributed by atoms with Gasteiger partial charge in [-0.2, -0.15) is 0 Å². The van der Waals surface area contributed by atoms with Crippen molar-refractivity contribution in [1.82, 2.24) is 0 Å². The molecule has 0 aliphatic heterocycles. The second kappa shape index (κ2) is 9.32. The Hall–Kier alpha value is -3.52. The molecule has 0 radical (unpaired) electrons. The van der Waals surface area contributed by atoms with E-state index in [1.54, 1.807) is 0 Å². The first-order valence-corrected chi connectivity index (χ1v) is 10.4. The van der Waals surface area contributed by atoms with Crippen molar-refractivity contribution in [2.24, 2.45) is 0 Å². The third-order valence-electron chi connectivity index (χ3n) is 5.09. The number of hydrogen-bond donors (Lipinski definition) is 0. The van der Waals surface area contributed by atoms with Gasteiger partial charge in [-0.1, -0.05) is 91.0 Å². The minimum absolute atomic E-state index is 0.600. The molecule has 4 aromatic carbocycles. The van der Waals surface area contributed by atoms with Gasteiger partial charge < -0.3 is 9.47 Å². The van der Waals surface area contributed by atoms with Crippen LogP contribution in [0, 0.1) is 0 Å². The molecule has 0 aromatic heterocycles. The van der Waals surface area contributed by atoms with Gasteiger partial charge in [0.25, 0.3) is 0 Å². The summed E-state index contributed by atoms with van der Waals surface area (Å²) < 4.78 is 11.7. The smallest absolute Gasteiger partial charge is 0.168 e. The van der Waals surface area contributed by atoms with E-state index >= 15 is 0 Å². The zero-order valence-corrected chi connectivity index (χ0v) is 17.5. The highest BCUT2D eigenvalue weighted by molar-refractivity contribution is 5.77. The molecule has 0 unspecified atom stereocenters. The van der Waals surface area contributed by atoms with Crippen molar-refractivity contribution < 1.29 is 9.47 Å². The van der Waals surface area contributed by atoms with Gasteiger partial charge in [0.2, 0.25) is 0 Å². The highest BCUT2D eigenvalue weighted by Gasteiger charge is 2.12. The lowest BCUT2D eigenvalue weighted by Gasteiger charge is -2.15. The standard InChI is InChI=1S/C28H26O2/c1-3-29-27-12-8-11-26(28(27)30-4-2)25-19-17-24(18-20-25)23-15-13-22(14-16-23)21-9-6-5-7-10-21/h5-20H,3-4H2,1-2H3. The van der Waals surface area contributed by atoms with Crippen molar-refractivity contribution >= 4 is 0 Å². The Labute approximate surface area is 178 Å². The van der Waals surface area contributed by atoms with Crippen LogP contribution in [0.3, 0.4) is 0 Å². The van der Waals surface area contributed by atoms with Gasteiger partial charge in [0, 0.05) is 5.56 Å². The van der Waals surface area contributed by atoms with E-state index in [4.69, 9.17) is 9.47 Å². The molecule has 0 saturated carbocycles. The van der Waals surface area contributed by atoms with Crippen molar-refractivity contribution in [3.63, 3.8) is 0 Å². The maximum absolute atomic E-state index is 5.92. The Morgan fingerprint density at radius 3 is 1.50 bits per heavy atom. The average Bonchev–Trinajstić information content (AvgIpc) is 2.81. The van der Waals surface area contributed by atoms with E-state index in [-0.39, 0.29) is 0 Å². The van der Waals surface area contributed by atoms with Gasteiger partial charge in [0.15, 0.2) is 11.5 Å². The van der Waals surface area contributed by atoms with Gasteiger partial charge in [-0.3, -0.25) is 0 Å². The van der Waals surface area contributed by atoms with Gasteiger partial charge in [0.05, 0.1) is 13.2 Å². The number of benzene rings is 4. The molecule has 0 N–H and O–H groups in total. The van der Waals surface area contributed by atoms with Crippen molar-refractivity contribution in [3.8, 4) is 44.9 Å². The van der Waals surface area contributed by atoms with Crippen molar-refractivity contribution in [2.45, 2.75) is 13.8 Å². The Balaban J connectivity index is 1.61. The minimum Gasteiger partial charge on any atom is -0.490 e. The topological polar surface area (TPSA) is 18.5 Å². The molecule has 0 fully saturated rings. The normalized spacial score (nSPS) is 10.6. The third kappa shape index (κ3) is 4.23. The fourth-order valence-corrected chi connectivity index (χ4v) is 3.63. The zero-order valence-electron chi connectivity index (χ0n) is 17.5. The highest BCUT2D eigenvalue weighted by atomic mass is 16.5. The lowest BCUT2D eigenvalue weighted by molar-refractivity contribution is 0.289. The average molecular weight is 395 g/mol. The fraction of sp³-hybridized carbons (Fsp3) is 0.143. The predicted molar refractivity (Wildman–Crippen MR) is 125 cm³/mol. The van der Waals surface area contributed by atoms with Gasteiger partial charge >= 0.3 is 0 Å². The van der Waals surface area contributed by atoms with Crippen LogP contribution in [-0.4, -0.2) is 13.2 Å². The summed E-state index contributed by atoms with van der Waals surface area (Å²) in [6.07, 6.45) is 0. The summed E-state index contributed by atoms with van der Waals surface area (Å²) in [5.41, 5.74) is 7.02. The maximum atomic E-state index is 5.92. The second-order valence-electron chi connectivity index (χ2n) is 7.02. The van der Waals surface area contributed by atoms with E-state index in [2.05, 4.69) is 78.9 Å². The summed E-state index contributed by atoms with van der Waals surface area (Å²) in [4.78, 5) is 0. The predicted octanol–water partition coefficient (Wildman–Crippen LogP) is 7.49. The molecule has 0 saturated heterocycles. The quantitative estimate of drug-likeness (QED) is 0.323. The van der Waals surface area contributed by atoms with Gasteiger partial charge in [-0.15, -0.1) is 0 Å². The molecule has 0 aliphatic rings. The van der Waals surface area contributed by atoms with Crippen molar-refractivity contribution in [2.75, 3.05) is 13.2 Å². The summed E-state index contributed by atoms with van der Waals surface area (Å²) in [7, 11) is 0. The van der Waals surface area contributed by atoms with Crippen molar-refractivity contribution in [1.29, 1.82) is 0 Å². The summed E-state index contributed by atoms with van der Waals surface area (Å²) in [6.45, 7) is 5.19. The van der Waals surface area contributed by atoms with Gasteiger partial charge in [-0.05, 0) is 47.7 Å². The first-order valence-electron chi connectivity index (χ1n) is 10.4. The Morgan fingerprint density at radius 1 is 0.467 bits per heavy atom. The molecule has 30 heavy (non-hydrogen) atoms. The maximum Gasteiger partial charge on any atom is 0.168 e. The first-order chi connectivity index (χ1) is 14.8. The van der Waals surface area contributed by atoms with Crippen LogP contribution in [0.4, 0.5) is 0 Å². The lowest BCUT2D eigenvalue weighted by Crippen LogP contribution is -2.00. The highest BCUT2D eigenvalue weighted by Crippen LogP contribution is 2.39. The molecular weight excluding hydrogens is 368 g/mol. The molecule has 4 rings (SSSR count). The van der Waals surface area contributed by atoms with E-state index in [1.165, 1.54) is 22.3 Å². The van der Waals surface area contributed by atoms with Crippen LogP contribution in [-0.2, 0) is 0 Å². The molecule has 0 atom stereocenters. The molecule has 4 aromatic rings. The Kier molecular flexibility index (Phi) is 6.14. The van der Waals surface area contributed by atoms with E-state index < -0.39 is 0 Å². The Morgan fingerprint density at radius 2 is 0.967 bits per heavy atom. The second-order valence-corrected chi connectivity index (χ2v) is 7.02.